The molecule has 0 radical (unpaired) electrons. The maximum absolute atomic E-state index is 12.1. The lowest BCUT2D eigenvalue weighted by molar-refractivity contribution is -0.127. The van der Waals surface area contributed by atoms with Crippen molar-refractivity contribution in [3.05, 3.63) is 0 Å². The minimum absolute atomic E-state index is 0.118. The summed E-state index contributed by atoms with van der Waals surface area (Å²) < 4.78 is 5.43. The van der Waals surface area contributed by atoms with E-state index in [0.29, 0.717) is 18.3 Å². The SMILES string of the molecule is CC(=O)SCC1CC(=O)N(CCC2CCN(C(=O)OC(C)(C)C)CC2)C1. The van der Waals surface area contributed by atoms with Gasteiger partial charge in [-0.3, -0.25) is 9.59 Å². The number of piperidine rings is 1. The lowest BCUT2D eigenvalue weighted by Gasteiger charge is -2.34. The van der Waals surface area contributed by atoms with Crippen molar-refractivity contribution >= 4 is 28.9 Å². The van der Waals surface area contributed by atoms with Crippen LogP contribution in [0.5, 0.6) is 0 Å². The van der Waals surface area contributed by atoms with E-state index in [0.717, 1.165) is 51.2 Å². The molecule has 2 saturated heterocycles. The second-order valence-electron chi connectivity index (χ2n) is 8.41. The average molecular weight is 385 g/mol. The summed E-state index contributed by atoms with van der Waals surface area (Å²) in [6.07, 6.45) is 3.25. The molecule has 0 aromatic rings. The van der Waals surface area contributed by atoms with Crippen LogP contribution in [-0.4, -0.2) is 64.4 Å². The Hall–Kier alpha value is -1.24. The predicted molar refractivity (Wildman–Crippen MR) is 103 cm³/mol. The number of thioether (sulfide) groups is 1. The first-order chi connectivity index (χ1) is 12.1. The zero-order chi connectivity index (χ0) is 19.3. The van der Waals surface area contributed by atoms with Crippen molar-refractivity contribution in [3.63, 3.8) is 0 Å². The van der Waals surface area contributed by atoms with E-state index in [4.69, 9.17) is 4.74 Å². The summed E-state index contributed by atoms with van der Waals surface area (Å²) in [7, 11) is 0. The number of rotatable bonds is 5. The van der Waals surface area contributed by atoms with Gasteiger partial charge in [-0.2, -0.15) is 0 Å². The van der Waals surface area contributed by atoms with E-state index >= 15 is 0 Å². The van der Waals surface area contributed by atoms with Crippen LogP contribution in [0.2, 0.25) is 0 Å². The van der Waals surface area contributed by atoms with Crippen molar-refractivity contribution in [2.24, 2.45) is 11.8 Å². The fraction of sp³-hybridized carbons (Fsp3) is 0.842. The highest BCUT2D eigenvalue weighted by molar-refractivity contribution is 8.13. The fourth-order valence-electron chi connectivity index (χ4n) is 3.49. The second kappa shape index (κ2) is 9.11. The van der Waals surface area contributed by atoms with E-state index in [2.05, 4.69) is 0 Å². The van der Waals surface area contributed by atoms with Gasteiger partial charge in [-0.05, 0) is 51.9 Å². The van der Waals surface area contributed by atoms with Crippen LogP contribution in [-0.2, 0) is 14.3 Å². The van der Waals surface area contributed by atoms with Crippen molar-refractivity contribution in [2.45, 2.75) is 59.0 Å². The predicted octanol–water partition coefficient (Wildman–Crippen LogP) is 3.15. The molecule has 2 aliphatic rings. The summed E-state index contributed by atoms with van der Waals surface area (Å²) in [5.41, 5.74) is -0.457. The van der Waals surface area contributed by atoms with Crippen molar-refractivity contribution in [1.29, 1.82) is 0 Å². The molecule has 0 aliphatic carbocycles. The first-order valence-electron chi connectivity index (χ1n) is 9.53. The first kappa shape index (κ1) is 21.1. The zero-order valence-electron chi connectivity index (χ0n) is 16.5. The minimum Gasteiger partial charge on any atom is -0.444 e. The molecular formula is C19H32N2O4S. The molecule has 0 aromatic carbocycles. The number of nitrogens with zero attached hydrogens (tertiary/aromatic N) is 2. The molecule has 26 heavy (non-hydrogen) atoms. The van der Waals surface area contributed by atoms with E-state index in [1.165, 1.54) is 11.8 Å². The molecule has 2 heterocycles. The van der Waals surface area contributed by atoms with Crippen LogP contribution >= 0.6 is 11.8 Å². The second-order valence-corrected chi connectivity index (χ2v) is 9.61. The van der Waals surface area contributed by atoms with E-state index in [9.17, 15) is 14.4 Å². The van der Waals surface area contributed by atoms with Crippen LogP contribution in [0.3, 0.4) is 0 Å². The van der Waals surface area contributed by atoms with E-state index in [1.807, 2.05) is 25.7 Å². The topological polar surface area (TPSA) is 66.9 Å². The molecule has 0 bridgehead atoms. The highest BCUT2D eigenvalue weighted by Crippen LogP contribution is 2.26. The highest BCUT2D eigenvalue weighted by Gasteiger charge is 2.31. The number of amides is 2. The molecule has 148 valence electrons. The number of carbonyl (C=O) groups is 3. The maximum atomic E-state index is 12.1. The third-order valence-electron chi connectivity index (χ3n) is 4.89. The molecule has 7 heteroatoms. The molecule has 2 fully saturated rings. The molecule has 1 atom stereocenters. The van der Waals surface area contributed by atoms with Crippen LogP contribution in [0.25, 0.3) is 0 Å². The van der Waals surface area contributed by atoms with Crippen molar-refractivity contribution in [2.75, 3.05) is 31.9 Å². The molecule has 0 aromatic heterocycles. The summed E-state index contributed by atoms with van der Waals surface area (Å²) >= 11 is 1.32. The van der Waals surface area contributed by atoms with Gasteiger partial charge in [0.2, 0.25) is 5.91 Å². The van der Waals surface area contributed by atoms with Gasteiger partial charge in [0.05, 0.1) is 0 Å². The van der Waals surface area contributed by atoms with Crippen LogP contribution in [0, 0.1) is 11.8 Å². The van der Waals surface area contributed by atoms with Gasteiger partial charge in [-0.25, -0.2) is 4.79 Å². The van der Waals surface area contributed by atoms with Gasteiger partial charge in [0.1, 0.15) is 5.60 Å². The van der Waals surface area contributed by atoms with E-state index in [-0.39, 0.29) is 17.1 Å². The van der Waals surface area contributed by atoms with Crippen LogP contribution in [0.4, 0.5) is 4.79 Å². The summed E-state index contributed by atoms with van der Waals surface area (Å²) in [5.74, 6) is 1.80. The molecule has 6 nitrogen and oxygen atoms in total. The van der Waals surface area contributed by atoms with E-state index < -0.39 is 5.60 Å². The molecule has 0 N–H and O–H groups in total. The molecular weight excluding hydrogens is 352 g/mol. The Balaban J connectivity index is 1.68. The van der Waals surface area contributed by atoms with Gasteiger partial charge in [0.25, 0.3) is 0 Å². The number of carbonyl (C=O) groups excluding carboxylic acids is 3. The maximum Gasteiger partial charge on any atom is 0.410 e. The Bertz CT molecular complexity index is 524. The summed E-state index contributed by atoms with van der Waals surface area (Å²) in [5, 5.41) is 0.118. The highest BCUT2D eigenvalue weighted by atomic mass is 32.2. The summed E-state index contributed by atoms with van der Waals surface area (Å²) in [4.78, 5) is 39.1. The lowest BCUT2D eigenvalue weighted by Crippen LogP contribution is -2.42. The molecule has 0 saturated carbocycles. The third kappa shape index (κ3) is 6.82. The van der Waals surface area contributed by atoms with Crippen LogP contribution in [0.15, 0.2) is 0 Å². The van der Waals surface area contributed by atoms with Gasteiger partial charge in [0.15, 0.2) is 5.12 Å². The van der Waals surface area contributed by atoms with Crippen LogP contribution < -0.4 is 0 Å². The molecule has 2 aliphatic heterocycles. The van der Waals surface area contributed by atoms with Gasteiger partial charge in [-0.1, -0.05) is 11.8 Å². The number of hydrogen-bond donors (Lipinski definition) is 0. The van der Waals surface area contributed by atoms with Gasteiger partial charge in [-0.15, -0.1) is 0 Å². The van der Waals surface area contributed by atoms with Crippen molar-refractivity contribution < 1.29 is 19.1 Å². The van der Waals surface area contributed by atoms with E-state index in [1.54, 1.807) is 11.8 Å². The van der Waals surface area contributed by atoms with Crippen molar-refractivity contribution in [3.8, 4) is 0 Å². The molecule has 1 unspecified atom stereocenters. The normalized spacial score (nSPS) is 22.0. The Morgan fingerprint density at radius 1 is 1.19 bits per heavy atom. The summed E-state index contributed by atoms with van der Waals surface area (Å²) in [6, 6.07) is 0. The smallest absolute Gasteiger partial charge is 0.410 e. The molecule has 0 spiro atoms. The lowest BCUT2D eigenvalue weighted by atomic mass is 9.93. The Kier molecular flexibility index (Phi) is 7.38. The minimum atomic E-state index is -0.457. The molecule has 2 rings (SSSR count). The van der Waals surface area contributed by atoms with Gasteiger partial charge >= 0.3 is 6.09 Å². The van der Waals surface area contributed by atoms with Gasteiger partial charge < -0.3 is 14.5 Å². The Labute approximate surface area is 161 Å². The summed E-state index contributed by atoms with van der Waals surface area (Å²) in [6.45, 7) is 10.2. The van der Waals surface area contributed by atoms with Crippen molar-refractivity contribution in [1.82, 2.24) is 9.80 Å². The third-order valence-corrected chi connectivity index (χ3v) is 5.93. The standard InChI is InChI=1S/C19H32N2O4S/c1-14(22)26-13-16-11-17(23)21(12-16)10-7-15-5-8-20(9-6-15)18(24)25-19(2,3)4/h15-16H,5-13H2,1-4H3. The zero-order valence-corrected chi connectivity index (χ0v) is 17.3. The van der Waals surface area contributed by atoms with Crippen LogP contribution in [0.1, 0.15) is 53.4 Å². The Morgan fingerprint density at radius 3 is 2.42 bits per heavy atom. The molecule has 2 amide bonds. The average Bonchev–Trinajstić information content (AvgIpc) is 2.90. The largest absolute Gasteiger partial charge is 0.444 e. The Morgan fingerprint density at radius 2 is 1.85 bits per heavy atom. The number of ether oxygens (including phenoxy) is 1. The number of hydrogen-bond acceptors (Lipinski definition) is 5. The van der Waals surface area contributed by atoms with Gasteiger partial charge in [0, 0.05) is 45.3 Å². The monoisotopic (exact) mass is 384 g/mol. The quantitative estimate of drug-likeness (QED) is 0.728. The first-order valence-corrected chi connectivity index (χ1v) is 10.5. The fourth-order valence-corrected chi connectivity index (χ4v) is 4.18. The number of likely N-dealkylation sites (tertiary alicyclic amines) is 2.